The molecule has 0 aliphatic heterocycles. The summed E-state index contributed by atoms with van der Waals surface area (Å²) in [7, 11) is 0. The Bertz CT molecular complexity index is 539. The topological polar surface area (TPSA) is 78.7 Å². The maximum atomic E-state index is 12.4. The van der Waals surface area contributed by atoms with Crippen molar-refractivity contribution in [2.45, 2.75) is 25.3 Å². The minimum Gasteiger partial charge on any atom is -0.466 e. The smallest absolute Gasteiger partial charge is 0.387 e. The van der Waals surface area contributed by atoms with Gasteiger partial charge in [0.15, 0.2) is 0 Å². The number of alkyl halides is 3. The standard InChI is InChI=1S/C12H12BrF2NO5/c1-2-20-10(17)5-8-3-7(6-13)4-9(21-12(14)15)11(8)16(18)19/h3-4,12H,2,5-6H2,1H3. The number of esters is 1. The van der Waals surface area contributed by atoms with Crippen LogP contribution in [0.4, 0.5) is 14.5 Å². The number of carbonyl (C=O) groups excluding carboxylic acids is 1. The number of ether oxygens (including phenoxy) is 2. The predicted molar refractivity (Wildman–Crippen MR) is 72.7 cm³/mol. The number of hydrogen-bond acceptors (Lipinski definition) is 5. The summed E-state index contributed by atoms with van der Waals surface area (Å²) in [4.78, 5) is 21.7. The van der Waals surface area contributed by atoms with E-state index in [9.17, 15) is 23.7 Å². The largest absolute Gasteiger partial charge is 0.466 e. The monoisotopic (exact) mass is 367 g/mol. The molecule has 6 nitrogen and oxygen atoms in total. The molecule has 0 fully saturated rings. The SMILES string of the molecule is CCOC(=O)Cc1cc(CBr)cc(OC(F)F)c1[N+](=O)[O-]. The Kier molecular flexibility index (Phi) is 6.47. The number of rotatable bonds is 7. The van der Waals surface area contributed by atoms with Crippen molar-refractivity contribution < 1.29 is 28.0 Å². The van der Waals surface area contributed by atoms with Gasteiger partial charge < -0.3 is 9.47 Å². The number of carbonyl (C=O) groups is 1. The molecule has 0 aliphatic carbocycles. The third-order valence-electron chi connectivity index (χ3n) is 2.41. The molecule has 116 valence electrons. The number of nitro groups is 1. The van der Waals surface area contributed by atoms with Gasteiger partial charge in [0.2, 0.25) is 5.75 Å². The van der Waals surface area contributed by atoms with Crippen LogP contribution < -0.4 is 4.74 Å². The summed E-state index contributed by atoms with van der Waals surface area (Å²) >= 11 is 3.12. The summed E-state index contributed by atoms with van der Waals surface area (Å²) in [5.74, 6) is -1.26. The van der Waals surface area contributed by atoms with E-state index in [1.165, 1.54) is 6.07 Å². The van der Waals surface area contributed by atoms with Gasteiger partial charge >= 0.3 is 18.3 Å². The van der Waals surface area contributed by atoms with Crippen LogP contribution in [0.3, 0.4) is 0 Å². The highest BCUT2D eigenvalue weighted by molar-refractivity contribution is 9.08. The summed E-state index contributed by atoms with van der Waals surface area (Å²) in [5, 5.41) is 11.3. The van der Waals surface area contributed by atoms with Gasteiger partial charge in [-0.15, -0.1) is 0 Å². The third kappa shape index (κ3) is 4.92. The molecule has 1 aromatic carbocycles. The fourth-order valence-corrected chi connectivity index (χ4v) is 2.03. The van der Waals surface area contributed by atoms with E-state index in [1.54, 1.807) is 6.92 Å². The molecule has 0 unspecified atom stereocenters. The van der Waals surface area contributed by atoms with Crippen LogP contribution in [0, 0.1) is 10.1 Å². The number of nitro benzene ring substituents is 1. The van der Waals surface area contributed by atoms with E-state index in [1.807, 2.05) is 0 Å². The molecule has 1 aromatic rings. The third-order valence-corrected chi connectivity index (χ3v) is 3.05. The second kappa shape index (κ2) is 7.87. The van der Waals surface area contributed by atoms with E-state index in [-0.39, 0.29) is 17.5 Å². The van der Waals surface area contributed by atoms with Gasteiger partial charge in [0, 0.05) is 10.9 Å². The molecule has 1 rings (SSSR count). The van der Waals surface area contributed by atoms with Crippen LogP contribution in [0.15, 0.2) is 12.1 Å². The van der Waals surface area contributed by atoms with Crippen LogP contribution in [-0.4, -0.2) is 24.1 Å². The van der Waals surface area contributed by atoms with E-state index in [0.29, 0.717) is 5.56 Å². The molecule has 0 heterocycles. The highest BCUT2D eigenvalue weighted by atomic mass is 79.9. The molecule has 0 aliphatic rings. The van der Waals surface area contributed by atoms with Crippen LogP contribution in [-0.2, 0) is 21.3 Å². The Morgan fingerprint density at radius 3 is 2.62 bits per heavy atom. The number of benzene rings is 1. The average molecular weight is 368 g/mol. The maximum Gasteiger partial charge on any atom is 0.387 e. The number of halogens is 3. The first-order valence-electron chi connectivity index (χ1n) is 5.85. The van der Waals surface area contributed by atoms with E-state index in [4.69, 9.17) is 4.74 Å². The van der Waals surface area contributed by atoms with Crippen molar-refractivity contribution in [3.8, 4) is 5.75 Å². The van der Waals surface area contributed by atoms with Crippen molar-refractivity contribution >= 4 is 27.6 Å². The van der Waals surface area contributed by atoms with Gasteiger partial charge in [0.1, 0.15) is 0 Å². The maximum absolute atomic E-state index is 12.4. The lowest BCUT2D eigenvalue weighted by molar-refractivity contribution is -0.387. The summed E-state index contributed by atoms with van der Waals surface area (Å²) in [6.07, 6.45) is -0.398. The van der Waals surface area contributed by atoms with E-state index >= 15 is 0 Å². The minimum absolute atomic E-state index is 0.0361. The van der Waals surface area contributed by atoms with E-state index in [2.05, 4.69) is 20.7 Å². The van der Waals surface area contributed by atoms with Gasteiger partial charge in [-0.25, -0.2) is 0 Å². The molecule has 0 spiro atoms. The van der Waals surface area contributed by atoms with Crippen LogP contribution in [0.2, 0.25) is 0 Å². The van der Waals surface area contributed by atoms with Crippen LogP contribution >= 0.6 is 15.9 Å². The fourth-order valence-electron chi connectivity index (χ4n) is 1.70. The predicted octanol–water partition coefficient (Wildman–Crippen LogP) is 3.20. The van der Waals surface area contributed by atoms with Crippen LogP contribution in [0.1, 0.15) is 18.1 Å². The summed E-state index contributed by atoms with van der Waals surface area (Å²) in [5.41, 5.74) is -0.227. The second-order valence-electron chi connectivity index (χ2n) is 3.85. The minimum atomic E-state index is -3.20. The molecule has 0 saturated heterocycles. The van der Waals surface area contributed by atoms with Gasteiger partial charge in [-0.2, -0.15) is 8.78 Å². The summed E-state index contributed by atoms with van der Waals surface area (Å²) in [6, 6.07) is 2.51. The first-order valence-corrected chi connectivity index (χ1v) is 6.97. The van der Waals surface area contributed by atoms with Crippen molar-refractivity contribution in [2.24, 2.45) is 0 Å². The first kappa shape index (κ1) is 17.3. The van der Waals surface area contributed by atoms with Gasteiger partial charge in [-0.05, 0) is 24.6 Å². The Morgan fingerprint density at radius 2 is 2.14 bits per heavy atom. The summed E-state index contributed by atoms with van der Waals surface area (Å²) in [6.45, 7) is -1.50. The van der Waals surface area contributed by atoms with Crippen LogP contribution in [0.25, 0.3) is 0 Å². The molecule has 0 radical (unpaired) electrons. The molecule has 0 atom stereocenters. The van der Waals surface area contributed by atoms with Gasteiger partial charge in [0.05, 0.1) is 18.0 Å². The lowest BCUT2D eigenvalue weighted by atomic mass is 10.1. The zero-order valence-electron chi connectivity index (χ0n) is 11.0. The Labute approximate surface area is 127 Å². The zero-order chi connectivity index (χ0) is 16.0. The highest BCUT2D eigenvalue weighted by Gasteiger charge is 2.26. The molecular formula is C12H12BrF2NO5. The Balaban J connectivity index is 3.30. The lowest BCUT2D eigenvalue weighted by Crippen LogP contribution is -2.12. The molecule has 0 N–H and O–H groups in total. The number of hydrogen-bond donors (Lipinski definition) is 0. The van der Waals surface area contributed by atoms with E-state index < -0.39 is 35.4 Å². The molecule has 0 bridgehead atoms. The van der Waals surface area contributed by atoms with Crippen molar-refractivity contribution in [2.75, 3.05) is 6.61 Å². The van der Waals surface area contributed by atoms with Gasteiger partial charge in [0.25, 0.3) is 0 Å². The normalized spacial score (nSPS) is 10.5. The Morgan fingerprint density at radius 1 is 1.48 bits per heavy atom. The molecule has 9 heteroatoms. The lowest BCUT2D eigenvalue weighted by Gasteiger charge is -2.11. The molecule has 0 saturated carbocycles. The highest BCUT2D eigenvalue weighted by Crippen LogP contribution is 2.34. The van der Waals surface area contributed by atoms with Crippen molar-refractivity contribution in [3.05, 3.63) is 33.4 Å². The van der Waals surface area contributed by atoms with Gasteiger partial charge in [-0.1, -0.05) is 15.9 Å². The van der Waals surface area contributed by atoms with Crippen LogP contribution in [0.5, 0.6) is 5.75 Å². The molecule has 0 amide bonds. The second-order valence-corrected chi connectivity index (χ2v) is 4.41. The van der Waals surface area contributed by atoms with Crippen molar-refractivity contribution in [1.82, 2.24) is 0 Å². The van der Waals surface area contributed by atoms with Crippen molar-refractivity contribution in [3.63, 3.8) is 0 Å². The summed E-state index contributed by atoms with van der Waals surface area (Å²) < 4.78 is 33.6. The molecule has 0 aromatic heterocycles. The van der Waals surface area contributed by atoms with Gasteiger partial charge in [-0.3, -0.25) is 14.9 Å². The molecular weight excluding hydrogens is 356 g/mol. The zero-order valence-corrected chi connectivity index (χ0v) is 12.6. The first-order chi connectivity index (χ1) is 9.88. The fraction of sp³-hybridized carbons (Fsp3) is 0.417. The molecule has 21 heavy (non-hydrogen) atoms. The Hall–Kier alpha value is -1.77. The van der Waals surface area contributed by atoms with Crippen molar-refractivity contribution in [1.29, 1.82) is 0 Å². The average Bonchev–Trinajstić information content (AvgIpc) is 2.37. The van der Waals surface area contributed by atoms with E-state index in [0.717, 1.165) is 6.07 Å². The number of nitrogens with zero attached hydrogens (tertiary/aromatic N) is 1. The quantitative estimate of drug-likeness (QED) is 0.320.